The number of aryl methyl sites for hydroxylation is 4. The molecule has 0 spiro atoms. The minimum atomic E-state index is 0.623. The van der Waals surface area contributed by atoms with Gasteiger partial charge >= 0.3 is 0 Å². The third-order valence-corrected chi connectivity index (χ3v) is 17.8. The van der Waals surface area contributed by atoms with Gasteiger partial charge in [-0.3, -0.25) is 0 Å². The lowest BCUT2D eigenvalue weighted by Gasteiger charge is -2.16. The van der Waals surface area contributed by atoms with Crippen LogP contribution in [0.25, 0.3) is 32.3 Å². The SMILES string of the molecule is CC(C)=CCC[C@H](C)CCc1ccccc1C#Cc1cc(C#Cc2ccccc2CC[C@@H](C)CCC=C(C)C)c2ccc3c(C#Cc4ccccc4CC[C@@H](C)CCC=C(C)C)cc(C#Cc4ccccc4CC[C@@H](C)CCC=C(C)C)c4ccc1c2c43. The van der Waals surface area contributed by atoms with Crippen molar-refractivity contribution >= 4 is 32.3 Å². The maximum absolute atomic E-state index is 3.81. The van der Waals surface area contributed by atoms with Crippen molar-refractivity contribution in [3.63, 3.8) is 0 Å². The normalized spacial score (nSPS) is 12.3. The Morgan fingerprint density at radius 1 is 0.273 bits per heavy atom. The van der Waals surface area contributed by atoms with Gasteiger partial charge in [-0.15, -0.1) is 0 Å². The molecule has 0 heteroatoms. The molecule has 0 fully saturated rings. The van der Waals surface area contributed by atoms with Gasteiger partial charge in [-0.1, -0.05) is 219 Å². The number of allylic oxidation sites excluding steroid dienone is 8. The maximum Gasteiger partial charge on any atom is 0.0340 e. The summed E-state index contributed by atoms with van der Waals surface area (Å²) in [5.41, 5.74) is 19.1. The molecule has 0 unspecified atom stereocenters. The highest BCUT2D eigenvalue weighted by atomic mass is 14.2. The number of hydrogen-bond donors (Lipinski definition) is 0. The molecule has 4 atom stereocenters. The first-order valence-corrected chi connectivity index (χ1v) is 33.3. The number of rotatable bonds is 24. The molecule has 0 radical (unpaired) electrons. The van der Waals surface area contributed by atoms with Crippen LogP contribution >= 0.6 is 0 Å². The van der Waals surface area contributed by atoms with E-state index in [-0.39, 0.29) is 0 Å². The van der Waals surface area contributed by atoms with E-state index in [1.165, 1.54) is 81.0 Å². The first kappa shape index (κ1) is 66.0. The monoisotopic (exact) mass is 1150 g/mol. The fraction of sp³-hybridized carbons (Fsp3) is 0.364. The molecule has 0 aromatic heterocycles. The third kappa shape index (κ3) is 19.5. The van der Waals surface area contributed by atoms with Gasteiger partial charge in [0.05, 0.1) is 0 Å². The molecule has 450 valence electrons. The quantitative estimate of drug-likeness (QED) is 0.0321. The molecule has 0 aliphatic rings. The summed E-state index contributed by atoms with van der Waals surface area (Å²) in [7, 11) is 0. The fourth-order valence-corrected chi connectivity index (χ4v) is 12.2. The molecule has 0 saturated carbocycles. The van der Waals surface area contributed by atoms with Crippen molar-refractivity contribution in [2.75, 3.05) is 0 Å². The van der Waals surface area contributed by atoms with Gasteiger partial charge in [-0.2, -0.15) is 0 Å². The second kappa shape index (κ2) is 33.4. The van der Waals surface area contributed by atoms with Gasteiger partial charge in [0, 0.05) is 44.5 Å². The largest absolute Gasteiger partial charge is 0.0859 e. The smallest absolute Gasteiger partial charge is 0.0340 e. The van der Waals surface area contributed by atoms with Crippen LogP contribution < -0.4 is 0 Å². The van der Waals surface area contributed by atoms with Gasteiger partial charge in [-0.25, -0.2) is 0 Å². The van der Waals surface area contributed by atoms with Crippen LogP contribution in [-0.4, -0.2) is 0 Å². The van der Waals surface area contributed by atoms with Crippen LogP contribution in [0.5, 0.6) is 0 Å². The summed E-state index contributed by atoms with van der Waals surface area (Å²) in [6, 6.07) is 48.9. The topological polar surface area (TPSA) is 0 Å². The number of hydrogen-bond acceptors (Lipinski definition) is 0. The van der Waals surface area contributed by atoms with Crippen molar-refractivity contribution in [3.8, 4) is 47.4 Å². The van der Waals surface area contributed by atoms with Crippen LogP contribution in [0, 0.1) is 71.0 Å². The summed E-state index contributed by atoms with van der Waals surface area (Å²) in [5.74, 6) is 32.8. The van der Waals surface area contributed by atoms with Gasteiger partial charge in [0.25, 0.3) is 0 Å². The fourth-order valence-electron chi connectivity index (χ4n) is 12.2. The van der Waals surface area contributed by atoms with Crippen molar-refractivity contribution < 1.29 is 0 Å². The van der Waals surface area contributed by atoms with Crippen molar-refractivity contribution in [1.29, 1.82) is 0 Å². The third-order valence-electron chi connectivity index (χ3n) is 17.8. The standard InChI is InChI=1S/C88H98/c1-63(2)25-21-29-67(9)41-45-71-33-13-17-37-75(71)49-53-79-61-80(54-50-76-38-18-14-34-72(76)46-42-68(10)30-22-26-64(3)4)84-59-60-86-82(56-52-78-40-20-16-36-74(78)48-44-70(12)32-24-28-66(7)8)62-81(85-58-57-83(79)87(84)88(85)86)55-51-77-39-19-15-35-73(77)47-43-69(11)31-23-27-65(5)6/h13-20,25-28,33-40,57-62,67-70H,21-24,29-32,41-48H2,1-12H3/t67-,68-,69-,70-/m0/s1. The second-order valence-corrected chi connectivity index (χ2v) is 26.7. The van der Waals surface area contributed by atoms with E-state index in [2.05, 4.69) is 288 Å². The van der Waals surface area contributed by atoms with Crippen LogP contribution in [-0.2, 0) is 25.7 Å². The molecule has 8 rings (SSSR count). The van der Waals surface area contributed by atoms with E-state index in [9.17, 15) is 0 Å². The Morgan fingerprint density at radius 2 is 0.477 bits per heavy atom. The molecule has 0 bridgehead atoms. The molecular formula is C88H98. The van der Waals surface area contributed by atoms with Crippen molar-refractivity contribution in [3.05, 3.63) is 247 Å². The summed E-state index contributed by atoms with van der Waals surface area (Å²) < 4.78 is 0. The molecule has 0 aliphatic heterocycles. The molecule has 0 saturated heterocycles. The van der Waals surface area contributed by atoms with Crippen LogP contribution in [0.2, 0.25) is 0 Å². The zero-order valence-electron chi connectivity index (χ0n) is 55.6. The highest BCUT2D eigenvalue weighted by molar-refractivity contribution is 6.26. The molecule has 8 aromatic rings. The molecule has 0 heterocycles. The van der Waals surface area contributed by atoms with Gasteiger partial charge < -0.3 is 0 Å². The van der Waals surface area contributed by atoms with Crippen molar-refractivity contribution in [1.82, 2.24) is 0 Å². The minimum absolute atomic E-state index is 0.623. The second-order valence-electron chi connectivity index (χ2n) is 26.7. The lowest BCUT2D eigenvalue weighted by molar-refractivity contribution is 0.496. The summed E-state index contributed by atoms with van der Waals surface area (Å²) in [6.07, 6.45) is 27.3. The number of benzene rings is 8. The van der Waals surface area contributed by atoms with E-state index in [4.69, 9.17) is 0 Å². The van der Waals surface area contributed by atoms with E-state index in [1.54, 1.807) is 0 Å². The predicted octanol–water partition coefficient (Wildman–Crippen LogP) is 23.4. The Labute approximate surface area is 532 Å². The Kier molecular flexibility index (Phi) is 25.0. The lowest BCUT2D eigenvalue weighted by atomic mass is 9.86. The first-order valence-electron chi connectivity index (χ1n) is 33.3. The van der Waals surface area contributed by atoms with Crippen LogP contribution in [0.15, 0.2) is 180 Å². The van der Waals surface area contributed by atoms with Crippen molar-refractivity contribution in [2.45, 2.75) is 186 Å². The Hall–Kier alpha value is -8.00. The lowest BCUT2D eigenvalue weighted by Crippen LogP contribution is -1.99. The van der Waals surface area contributed by atoms with E-state index < -0.39 is 0 Å². The molecule has 0 N–H and O–H groups in total. The molecule has 8 aromatic carbocycles. The van der Waals surface area contributed by atoms with Crippen LogP contribution in [0.3, 0.4) is 0 Å². The van der Waals surface area contributed by atoms with Crippen molar-refractivity contribution in [2.24, 2.45) is 23.7 Å². The molecule has 88 heavy (non-hydrogen) atoms. The Balaban J connectivity index is 1.29. The zero-order chi connectivity index (χ0) is 62.4. The summed E-state index contributed by atoms with van der Waals surface area (Å²) >= 11 is 0. The summed E-state index contributed by atoms with van der Waals surface area (Å²) in [5, 5.41) is 6.82. The predicted molar refractivity (Wildman–Crippen MR) is 384 cm³/mol. The minimum Gasteiger partial charge on any atom is -0.0859 e. The first-order chi connectivity index (χ1) is 42.6. The van der Waals surface area contributed by atoms with E-state index in [0.717, 1.165) is 143 Å². The molecule has 0 aliphatic carbocycles. The van der Waals surface area contributed by atoms with Gasteiger partial charge in [0.2, 0.25) is 0 Å². The zero-order valence-corrected chi connectivity index (χ0v) is 55.6. The van der Waals surface area contributed by atoms with Gasteiger partial charge in [0.15, 0.2) is 0 Å². The Bertz CT molecular complexity index is 3520. The molecular weight excluding hydrogens is 1060 g/mol. The summed E-state index contributed by atoms with van der Waals surface area (Å²) in [6.45, 7) is 27.1. The maximum atomic E-state index is 3.81. The van der Waals surface area contributed by atoms with E-state index >= 15 is 0 Å². The molecule has 0 amide bonds. The van der Waals surface area contributed by atoms with Gasteiger partial charge in [-0.05, 0) is 273 Å². The Morgan fingerprint density at radius 3 is 0.693 bits per heavy atom. The highest BCUT2D eigenvalue weighted by Crippen LogP contribution is 2.41. The highest BCUT2D eigenvalue weighted by Gasteiger charge is 2.19. The average Bonchev–Trinajstić information content (AvgIpc) is 0.775. The van der Waals surface area contributed by atoms with Crippen LogP contribution in [0.1, 0.15) is 227 Å². The summed E-state index contributed by atoms with van der Waals surface area (Å²) in [4.78, 5) is 0. The van der Waals surface area contributed by atoms with Gasteiger partial charge in [0.1, 0.15) is 0 Å². The van der Waals surface area contributed by atoms with E-state index in [1.807, 2.05) is 0 Å². The molecule has 0 nitrogen and oxygen atoms in total. The van der Waals surface area contributed by atoms with Crippen LogP contribution in [0.4, 0.5) is 0 Å². The average molecular weight is 1160 g/mol. The van der Waals surface area contributed by atoms with E-state index in [0.29, 0.717) is 23.7 Å².